The fourth-order valence-electron chi connectivity index (χ4n) is 8.94. The zero-order valence-corrected chi connectivity index (χ0v) is 42.3. The van der Waals surface area contributed by atoms with Gasteiger partial charge in [0, 0.05) is 62.1 Å². The molecule has 19 heteroatoms. The second-order valence-corrected chi connectivity index (χ2v) is 21.1. The number of nitrogens with zero attached hydrogens (tertiary/aromatic N) is 4. The Kier molecular flexibility index (Phi) is 18.1. The molecule has 374 valence electrons. The number of β-amino-alcohol motifs (C(OH)–C–C–N with tert-alkyl or cyclic N) is 1. The maximum atomic E-state index is 14.7. The molecule has 3 amide bonds. The number of aromatic nitrogens is 3. The first-order valence-corrected chi connectivity index (χ1v) is 25.7. The van der Waals surface area contributed by atoms with Gasteiger partial charge in [0.25, 0.3) is 0 Å². The molecule has 2 fully saturated rings. The van der Waals surface area contributed by atoms with Gasteiger partial charge < -0.3 is 40.2 Å². The molecule has 1 saturated heterocycles. The van der Waals surface area contributed by atoms with E-state index in [0.29, 0.717) is 43.1 Å². The van der Waals surface area contributed by atoms with Crippen molar-refractivity contribution in [2.45, 2.75) is 97.4 Å². The topological polar surface area (TPSA) is 194 Å². The third kappa shape index (κ3) is 13.9. The van der Waals surface area contributed by atoms with E-state index in [-0.39, 0.29) is 99.3 Å². The van der Waals surface area contributed by atoms with Crippen LogP contribution in [0.3, 0.4) is 0 Å². The maximum absolute atomic E-state index is 14.7. The molecule has 5 aromatic rings. The number of thiazole rings is 2. The average molecular weight is 1020 g/mol. The number of hydrogen-bond acceptors (Lipinski definition) is 14. The highest BCUT2D eigenvalue weighted by Crippen LogP contribution is 2.42. The lowest BCUT2D eigenvalue weighted by atomic mass is 9.69. The Bertz CT molecular complexity index is 2550. The summed E-state index contributed by atoms with van der Waals surface area (Å²) in [6.07, 6.45) is 2.87. The van der Waals surface area contributed by atoms with E-state index < -0.39 is 34.7 Å². The lowest BCUT2D eigenvalue weighted by molar-refractivity contribution is -0.146. The molecule has 2 aromatic carbocycles. The number of benzene rings is 2. The maximum Gasteiger partial charge on any atom is 0.243 e. The highest BCUT2D eigenvalue weighted by atomic mass is 35.5. The van der Waals surface area contributed by atoms with Gasteiger partial charge in [-0.15, -0.1) is 22.7 Å². The standard InChI is InChI=1S/C51H61ClFN7O8S2/c1-32-45(70-31-57-32)34-13-11-33(12-14-34)28-56-46(63)41-26-36(61)29-60(41)47(64)39(50(2,3)4)25-37(62)30-67-23-22-66-21-19-54-48(65)51(27-35-7-5-10-43(58-35)59-49-55-20-24-69-49)17-15-38(16-18-51)68-42-9-6-8-40(52)44(42)53/h5-14,20,24,31,36,38-39,41,61H,15-19,21-23,25-30H2,1-4H3,(H,54,65)(H,56,63)(H,55,58,59)/t36-,38-,39-,41+,51-/m1/s1. The van der Waals surface area contributed by atoms with Crippen molar-refractivity contribution in [3.8, 4) is 16.2 Å². The molecule has 1 aliphatic carbocycles. The Morgan fingerprint density at radius 1 is 0.971 bits per heavy atom. The fourth-order valence-corrected chi connectivity index (χ4v) is 10.4. The Morgan fingerprint density at radius 3 is 2.44 bits per heavy atom. The molecule has 1 aliphatic heterocycles. The van der Waals surface area contributed by atoms with Gasteiger partial charge in [-0.05, 0) is 73.4 Å². The molecule has 4 heterocycles. The van der Waals surface area contributed by atoms with Gasteiger partial charge in [-0.3, -0.25) is 19.2 Å². The molecule has 15 nitrogen and oxygen atoms in total. The second kappa shape index (κ2) is 24.2. The summed E-state index contributed by atoms with van der Waals surface area (Å²) in [7, 11) is 0. The summed E-state index contributed by atoms with van der Waals surface area (Å²) in [6, 6.07) is 17.3. The van der Waals surface area contributed by atoms with E-state index in [1.807, 2.05) is 81.1 Å². The molecule has 4 N–H and O–H groups in total. The molecule has 0 spiro atoms. The van der Waals surface area contributed by atoms with Crippen LogP contribution in [0, 0.1) is 29.5 Å². The molecule has 0 unspecified atom stereocenters. The van der Waals surface area contributed by atoms with Crippen molar-refractivity contribution in [2.75, 3.05) is 44.8 Å². The van der Waals surface area contributed by atoms with Gasteiger partial charge in [0.15, 0.2) is 22.5 Å². The number of rotatable bonds is 22. The predicted octanol–water partition coefficient (Wildman–Crippen LogP) is 8.11. The number of amides is 3. The number of ketones is 1. The van der Waals surface area contributed by atoms with Crippen LogP contribution in [0.25, 0.3) is 10.4 Å². The van der Waals surface area contributed by atoms with Gasteiger partial charge in [-0.25, -0.2) is 19.3 Å². The molecule has 70 heavy (non-hydrogen) atoms. The monoisotopic (exact) mass is 1020 g/mol. The normalized spacial score (nSPS) is 19.6. The van der Waals surface area contributed by atoms with E-state index in [1.54, 1.807) is 29.7 Å². The SMILES string of the molecule is Cc1ncsc1-c1ccc(CNC(=O)[C@@H]2C[C@@H](O)CN2C(=O)[C@@H](CC(=O)COCCOCCNC(=O)[C@]2(Cc3cccc(Nc4nccs4)n3)CC[C@@H](Oc3cccc(Cl)c3F)CC2)C(C)(C)C)cc1. The van der Waals surface area contributed by atoms with Crippen molar-refractivity contribution in [2.24, 2.45) is 16.7 Å². The highest BCUT2D eigenvalue weighted by molar-refractivity contribution is 7.13. The van der Waals surface area contributed by atoms with Crippen LogP contribution < -0.4 is 20.7 Å². The van der Waals surface area contributed by atoms with Gasteiger partial charge in [0.2, 0.25) is 17.7 Å². The smallest absolute Gasteiger partial charge is 0.243 e. The summed E-state index contributed by atoms with van der Waals surface area (Å²) in [5, 5.41) is 22.4. The number of anilines is 2. The summed E-state index contributed by atoms with van der Waals surface area (Å²) in [5.74, 6) is -1.82. The quantitative estimate of drug-likeness (QED) is 0.0488. The van der Waals surface area contributed by atoms with Crippen molar-refractivity contribution >= 4 is 68.7 Å². The second-order valence-electron chi connectivity index (χ2n) is 19.0. The van der Waals surface area contributed by atoms with E-state index in [2.05, 4.69) is 25.9 Å². The Morgan fingerprint density at radius 2 is 1.73 bits per heavy atom. The Labute approximate surface area is 420 Å². The van der Waals surface area contributed by atoms with Crippen LogP contribution in [0.4, 0.5) is 15.3 Å². The number of aliphatic hydroxyl groups excluding tert-OH is 1. The number of ether oxygens (including phenoxy) is 3. The Hall–Kier alpha value is -5.37. The number of likely N-dealkylation sites (tertiary alicyclic amines) is 1. The van der Waals surface area contributed by atoms with Gasteiger partial charge in [0.1, 0.15) is 18.5 Å². The molecule has 3 atom stereocenters. The fraction of sp³-hybridized carbons (Fsp3) is 0.471. The Balaban J connectivity index is 0.853. The van der Waals surface area contributed by atoms with E-state index >= 15 is 0 Å². The molecule has 3 aromatic heterocycles. The van der Waals surface area contributed by atoms with Gasteiger partial charge >= 0.3 is 0 Å². The molecule has 2 aliphatic rings. The number of nitrogens with one attached hydrogen (secondary N) is 3. The average Bonchev–Trinajstić information content (AvgIpc) is 4.12. The van der Waals surface area contributed by atoms with Crippen molar-refractivity contribution in [3.63, 3.8) is 0 Å². The molecule has 0 radical (unpaired) electrons. The summed E-state index contributed by atoms with van der Waals surface area (Å²) in [6.45, 7) is 8.29. The molecule has 7 rings (SSSR count). The molecular weight excluding hydrogens is 957 g/mol. The van der Waals surface area contributed by atoms with Crippen LogP contribution in [0.15, 0.2) is 77.8 Å². The summed E-state index contributed by atoms with van der Waals surface area (Å²) in [5.41, 5.74) is 3.99. The first-order valence-electron chi connectivity index (χ1n) is 23.5. The van der Waals surface area contributed by atoms with Gasteiger partial charge in [-0.2, -0.15) is 0 Å². The minimum atomic E-state index is -0.876. The number of hydrogen-bond donors (Lipinski definition) is 4. The van der Waals surface area contributed by atoms with E-state index in [0.717, 1.165) is 27.4 Å². The van der Waals surface area contributed by atoms with Gasteiger partial charge in [-0.1, -0.05) is 68.8 Å². The summed E-state index contributed by atoms with van der Waals surface area (Å²) in [4.78, 5) is 70.8. The molecule has 0 bridgehead atoms. The highest BCUT2D eigenvalue weighted by Gasteiger charge is 2.45. The third-order valence-corrected chi connectivity index (χ3v) is 14.8. The minimum absolute atomic E-state index is 0.00435. The third-order valence-electron chi connectivity index (χ3n) is 12.8. The number of aliphatic hydroxyl groups is 1. The van der Waals surface area contributed by atoms with Crippen LogP contribution >= 0.6 is 34.3 Å². The number of carbonyl (C=O) groups is 4. The minimum Gasteiger partial charge on any atom is -0.487 e. The largest absolute Gasteiger partial charge is 0.487 e. The van der Waals surface area contributed by atoms with Crippen LogP contribution in [-0.2, 0) is 41.6 Å². The number of pyridine rings is 1. The van der Waals surface area contributed by atoms with Crippen molar-refractivity contribution in [3.05, 3.63) is 106 Å². The molecular formula is C51H61ClFN7O8S2. The van der Waals surface area contributed by atoms with Crippen molar-refractivity contribution in [1.29, 1.82) is 0 Å². The lowest BCUT2D eigenvalue weighted by Crippen LogP contribution is -2.50. The van der Waals surface area contributed by atoms with Crippen LogP contribution in [0.1, 0.15) is 76.2 Å². The van der Waals surface area contributed by atoms with Crippen molar-refractivity contribution in [1.82, 2.24) is 30.5 Å². The van der Waals surface area contributed by atoms with Crippen LogP contribution in [0.2, 0.25) is 5.02 Å². The van der Waals surface area contributed by atoms with Gasteiger partial charge in [0.05, 0.1) is 58.5 Å². The number of Topliss-reactive ketones (excluding diaryl/α,β-unsaturated/α-hetero) is 1. The predicted molar refractivity (Wildman–Crippen MR) is 268 cm³/mol. The van der Waals surface area contributed by atoms with E-state index in [9.17, 15) is 28.7 Å². The van der Waals surface area contributed by atoms with Crippen molar-refractivity contribution < 1.29 is 42.9 Å². The lowest BCUT2D eigenvalue weighted by Gasteiger charge is -2.39. The number of halogens is 2. The zero-order valence-electron chi connectivity index (χ0n) is 39.9. The van der Waals surface area contributed by atoms with Crippen LogP contribution in [-0.4, -0.2) is 106 Å². The van der Waals surface area contributed by atoms with E-state index in [4.69, 9.17) is 30.8 Å². The van der Waals surface area contributed by atoms with Crippen LogP contribution in [0.5, 0.6) is 5.75 Å². The summed E-state index contributed by atoms with van der Waals surface area (Å²) >= 11 is 9.02. The zero-order chi connectivity index (χ0) is 49.8. The summed E-state index contributed by atoms with van der Waals surface area (Å²) < 4.78 is 32.1. The van der Waals surface area contributed by atoms with E-state index in [1.165, 1.54) is 22.3 Å². The number of carbonyl (C=O) groups excluding carboxylic acids is 4. The first kappa shape index (κ1) is 52.5. The number of aryl methyl sites for hydroxylation is 1. The molecule has 1 saturated carbocycles. The first-order chi connectivity index (χ1) is 33.6.